The number of rotatable bonds is 5. The molecule has 0 heterocycles. The first-order valence-electron chi connectivity index (χ1n) is 4.28. The molecule has 15 heavy (non-hydrogen) atoms. The van der Waals surface area contributed by atoms with Crippen LogP contribution in [-0.2, 0) is 14.3 Å². The monoisotopic (exact) mass is 235 g/mol. The van der Waals surface area contributed by atoms with Crippen LogP contribution in [0, 0.1) is 0 Å². The summed E-state index contributed by atoms with van der Waals surface area (Å²) in [5.74, 6) is -1.65. The van der Waals surface area contributed by atoms with Crippen molar-refractivity contribution in [3.8, 4) is 0 Å². The highest BCUT2D eigenvalue weighted by Gasteiger charge is 2.14. The van der Waals surface area contributed by atoms with Crippen molar-refractivity contribution in [1.29, 1.82) is 0 Å². The highest BCUT2D eigenvalue weighted by atomic mass is 32.2. The Bertz CT molecular complexity index is 255. The highest BCUT2D eigenvalue weighted by molar-refractivity contribution is 8.01. The normalized spacial score (nSPS) is 11.6. The van der Waals surface area contributed by atoms with Crippen molar-refractivity contribution in [2.24, 2.45) is 0 Å². The van der Waals surface area contributed by atoms with Gasteiger partial charge in [0.1, 0.15) is 0 Å². The number of nitrogens with one attached hydrogen (secondary N) is 1. The largest absolute Gasteiger partial charge is 0.480 e. The molecule has 0 aliphatic rings. The molecule has 0 rings (SSSR count). The minimum Gasteiger partial charge on any atom is -0.480 e. The molecule has 0 fully saturated rings. The molecule has 86 valence electrons. The lowest BCUT2D eigenvalue weighted by atomic mass is 10.5. The predicted octanol–water partition coefficient (Wildman–Crippen LogP) is 0.465. The van der Waals surface area contributed by atoms with Crippen LogP contribution >= 0.6 is 11.8 Å². The second-order valence-electron chi connectivity index (χ2n) is 2.56. The minimum atomic E-state index is -0.996. The summed E-state index contributed by atoms with van der Waals surface area (Å²) in [5.41, 5.74) is 0. The van der Waals surface area contributed by atoms with E-state index in [0.29, 0.717) is 0 Å². The number of amides is 2. The molecule has 0 saturated carbocycles. The van der Waals surface area contributed by atoms with E-state index >= 15 is 0 Å². The van der Waals surface area contributed by atoms with Gasteiger partial charge in [0, 0.05) is 0 Å². The van der Waals surface area contributed by atoms with Gasteiger partial charge >= 0.3 is 12.1 Å². The number of carboxylic acid groups (broad SMARTS) is 1. The minimum absolute atomic E-state index is 0.0910. The number of carbonyl (C=O) groups is 3. The fourth-order valence-corrected chi connectivity index (χ4v) is 1.21. The summed E-state index contributed by atoms with van der Waals surface area (Å²) in [4.78, 5) is 32.2. The molecule has 1 atom stereocenters. The molecule has 0 aromatic carbocycles. The van der Waals surface area contributed by atoms with Crippen molar-refractivity contribution in [2.45, 2.75) is 19.1 Å². The fourth-order valence-electron chi connectivity index (χ4n) is 0.589. The SMILES string of the molecule is CCOC(=O)NC(=O)CSC(C)C(=O)O. The number of ether oxygens (including phenoxy) is 1. The van der Waals surface area contributed by atoms with Gasteiger partial charge in [-0.25, -0.2) is 4.79 Å². The molecule has 1 unspecified atom stereocenters. The Kier molecular flexibility index (Phi) is 6.52. The van der Waals surface area contributed by atoms with Gasteiger partial charge in [-0.05, 0) is 13.8 Å². The topological polar surface area (TPSA) is 92.7 Å². The number of imide groups is 1. The molecule has 0 bridgehead atoms. The van der Waals surface area contributed by atoms with E-state index in [0.717, 1.165) is 11.8 Å². The number of carbonyl (C=O) groups excluding carboxylic acids is 2. The van der Waals surface area contributed by atoms with E-state index in [1.807, 2.05) is 5.32 Å². The van der Waals surface area contributed by atoms with Crippen molar-refractivity contribution in [1.82, 2.24) is 5.32 Å². The maximum Gasteiger partial charge on any atom is 0.413 e. The summed E-state index contributed by atoms with van der Waals surface area (Å²) < 4.78 is 4.47. The third-order valence-corrected chi connectivity index (χ3v) is 2.46. The maximum absolute atomic E-state index is 11.0. The van der Waals surface area contributed by atoms with Gasteiger partial charge < -0.3 is 9.84 Å². The van der Waals surface area contributed by atoms with E-state index in [9.17, 15) is 14.4 Å². The average Bonchev–Trinajstić information content (AvgIpc) is 2.14. The summed E-state index contributed by atoms with van der Waals surface area (Å²) in [6.45, 7) is 3.26. The molecular weight excluding hydrogens is 222 g/mol. The molecule has 0 radical (unpaired) electrons. The van der Waals surface area contributed by atoms with Crippen LogP contribution in [0.2, 0.25) is 0 Å². The zero-order valence-corrected chi connectivity index (χ0v) is 9.30. The van der Waals surface area contributed by atoms with Crippen LogP contribution in [0.3, 0.4) is 0 Å². The number of aliphatic carboxylic acids is 1. The summed E-state index contributed by atoms with van der Waals surface area (Å²) in [5, 5.41) is 9.80. The number of thioether (sulfide) groups is 1. The Labute approximate surface area is 91.4 Å². The van der Waals surface area contributed by atoms with E-state index < -0.39 is 23.2 Å². The Balaban J connectivity index is 3.75. The molecule has 0 saturated heterocycles. The Hall–Kier alpha value is -1.24. The van der Waals surface area contributed by atoms with Gasteiger partial charge in [-0.15, -0.1) is 11.8 Å². The van der Waals surface area contributed by atoms with Gasteiger partial charge in [-0.3, -0.25) is 14.9 Å². The van der Waals surface area contributed by atoms with Crippen LogP contribution in [0.5, 0.6) is 0 Å². The number of carboxylic acids is 1. The van der Waals surface area contributed by atoms with Crippen LogP contribution in [0.15, 0.2) is 0 Å². The van der Waals surface area contributed by atoms with Gasteiger partial charge in [0.25, 0.3) is 0 Å². The first kappa shape index (κ1) is 13.8. The zero-order valence-electron chi connectivity index (χ0n) is 8.48. The van der Waals surface area contributed by atoms with Crippen molar-refractivity contribution < 1.29 is 24.2 Å². The third kappa shape index (κ3) is 6.78. The van der Waals surface area contributed by atoms with Crippen molar-refractivity contribution >= 4 is 29.7 Å². The zero-order chi connectivity index (χ0) is 11.8. The smallest absolute Gasteiger partial charge is 0.413 e. The Morgan fingerprint density at radius 3 is 2.53 bits per heavy atom. The molecule has 0 aromatic heterocycles. The molecule has 0 aliphatic heterocycles. The standard InChI is InChI=1S/C8H13NO5S/c1-3-14-8(13)9-6(10)4-15-5(2)7(11)12/h5H,3-4H2,1-2H3,(H,11,12)(H,9,10,13). The number of hydrogen-bond donors (Lipinski definition) is 2. The third-order valence-electron chi connectivity index (χ3n) is 1.33. The van der Waals surface area contributed by atoms with E-state index in [1.54, 1.807) is 6.92 Å². The van der Waals surface area contributed by atoms with E-state index in [1.165, 1.54) is 6.92 Å². The van der Waals surface area contributed by atoms with Crippen molar-refractivity contribution in [3.05, 3.63) is 0 Å². The van der Waals surface area contributed by atoms with Gasteiger partial charge in [-0.1, -0.05) is 0 Å². The van der Waals surface area contributed by atoms with Crippen LogP contribution in [-0.4, -0.2) is 40.7 Å². The highest BCUT2D eigenvalue weighted by Crippen LogP contribution is 2.09. The van der Waals surface area contributed by atoms with Crippen LogP contribution < -0.4 is 5.32 Å². The van der Waals surface area contributed by atoms with Gasteiger partial charge in [0.2, 0.25) is 5.91 Å². The molecule has 2 N–H and O–H groups in total. The summed E-state index contributed by atoms with van der Waals surface area (Å²) >= 11 is 0.933. The van der Waals surface area contributed by atoms with E-state index in [-0.39, 0.29) is 12.4 Å². The fraction of sp³-hybridized carbons (Fsp3) is 0.625. The second-order valence-corrected chi connectivity index (χ2v) is 3.89. The van der Waals surface area contributed by atoms with Crippen molar-refractivity contribution in [2.75, 3.05) is 12.4 Å². The average molecular weight is 235 g/mol. The van der Waals surface area contributed by atoms with Crippen LogP contribution in [0.25, 0.3) is 0 Å². The molecule has 0 spiro atoms. The molecule has 0 aromatic rings. The summed E-state index contributed by atoms with van der Waals surface area (Å²) in [7, 11) is 0. The Morgan fingerprint density at radius 2 is 2.07 bits per heavy atom. The van der Waals surface area contributed by atoms with E-state index in [4.69, 9.17) is 5.11 Å². The predicted molar refractivity (Wildman–Crippen MR) is 54.7 cm³/mol. The lowest BCUT2D eigenvalue weighted by molar-refractivity contribution is -0.136. The van der Waals surface area contributed by atoms with Crippen LogP contribution in [0.1, 0.15) is 13.8 Å². The molecular formula is C8H13NO5S. The second kappa shape index (κ2) is 7.10. The van der Waals surface area contributed by atoms with Gasteiger partial charge in [0.05, 0.1) is 17.6 Å². The number of hydrogen-bond acceptors (Lipinski definition) is 5. The lowest BCUT2D eigenvalue weighted by Gasteiger charge is -2.06. The van der Waals surface area contributed by atoms with Gasteiger partial charge in [0.15, 0.2) is 0 Å². The number of alkyl carbamates (subject to hydrolysis) is 1. The first-order chi connectivity index (χ1) is 6.97. The summed E-state index contributed by atoms with van der Waals surface area (Å²) in [6, 6.07) is 0. The molecule has 7 heteroatoms. The lowest BCUT2D eigenvalue weighted by Crippen LogP contribution is -2.33. The maximum atomic E-state index is 11.0. The first-order valence-corrected chi connectivity index (χ1v) is 5.33. The van der Waals surface area contributed by atoms with Gasteiger partial charge in [-0.2, -0.15) is 0 Å². The van der Waals surface area contributed by atoms with Crippen molar-refractivity contribution in [3.63, 3.8) is 0 Å². The molecule has 0 aliphatic carbocycles. The quantitative estimate of drug-likeness (QED) is 0.719. The summed E-state index contributed by atoms with van der Waals surface area (Å²) in [6.07, 6.45) is -0.814. The van der Waals surface area contributed by atoms with Crippen LogP contribution in [0.4, 0.5) is 4.79 Å². The molecule has 2 amide bonds. The molecule has 6 nitrogen and oxygen atoms in total. The Morgan fingerprint density at radius 1 is 1.47 bits per heavy atom. The van der Waals surface area contributed by atoms with E-state index in [2.05, 4.69) is 4.74 Å².